The molecular weight excluding hydrogens is 378 g/mol. The molecule has 0 fully saturated rings. The van der Waals surface area contributed by atoms with Gasteiger partial charge in [0.25, 0.3) is 5.56 Å². The van der Waals surface area contributed by atoms with Crippen LogP contribution >= 0.6 is 11.8 Å². The van der Waals surface area contributed by atoms with Crippen molar-refractivity contribution in [3.63, 3.8) is 0 Å². The number of carbonyl (C=O) groups excluding carboxylic acids is 2. The van der Waals surface area contributed by atoms with E-state index in [9.17, 15) is 14.4 Å². The van der Waals surface area contributed by atoms with Crippen molar-refractivity contribution >= 4 is 46.0 Å². The molecule has 142 valence electrons. The van der Waals surface area contributed by atoms with Crippen LogP contribution in [0.15, 0.2) is 40.3 Å². The number of H-pyrrole nitrogens is 1. The van der Waals surface area contributed by atoms with Gasteiger partial charge in [0, 0.05) is 5.69 Å². The normalized spacial score (nSPS) is 13.4. The van der Waals surface area contributed by atoms with Crippen LogP contribution in [0.3, 0.4) is 0 Å². The molecule has 1 aromatic carbocycles. The SMILES string of the molecule is Cc1cc(C)c2c(=O)[nH]c(SCC(=O)N3CC(=O)Nc4ccccc43)nc2n1. The molecule has 1 aliphatic heterocycles. The summed E-state index contributed by atoms with van der Waals surface area (Å²) in [6.07, 6.45) is 0. The molecule has 1 aliphatic rings. The number of pyridine rings is 1. The topological polar surface area (TPSA) is 108 Å². The zero-order valence-electron chi connectivity index (χ0n) is 15.3. The summed E-state index contributed by atoms with van der Waals surface area (Å²) in [6.45, 7) is 3.63. The van der Waals surface area contributed by atoms with Crippen molar-refractivity contribution in [1.29, 1.82) is 0 Å². The Labute approximate surface area is 164 Å². The lowest BCUT2D eigenvalue weighted by molar-refractivity contribution is -0.120. The molecule has 28 heavy (non-hydrogen) atoms. The van der Waals surface area contributed by atoms with Crippen molar-refractivity contribution in [2.24, 2.45) is 0 Å². The fourth-order valence-corrected chi connectivity index (χ4v) is 3.93. The highest BCUT2D eigenvalue weighted by Gasteiger charge is 2.26. The van der Waals surface area contributed by atoms with Gasteiger partial charge in [-0.1, -0.05) is 23.9 Å². The minimum Gasteiger partial charge on any atom is -0.323 e. The number of nitrogens with one attached hydrogen (secondary N) is 2. The van der Waals surface area contributed by atoms with E-state index in [1.54, 1.807) is 18.2 Å². The number of thioether (sulfide) groups is 1. The summed E-state index contributed by atoms with van der Waals surface area (Å²) in [6, 6.07) is 8.96. The van der Waals surface area contributed by atoms with Crippen molar-refractivity contribution in [2.75, 3.05) is 22.5 Å². The Kier molecular flexibility index (Phi) is 4.60. The first-order valence-electron chi connectivity index (χ1n) is 8.62. The first-order chi connectivity index (χ1) is 13.4. The van der Waals surface area contributed by atoms with Gasteiger partial charge in [-0.25, -0.2) is 9.97 Å². The maximum Gasteiger partial charge on any atom is 0.261 e. The molecule has 0 atom stereocenters. The number of aromatic amines is 1. The highest BCUT2D eigenvalue weighted by Crippen LogP contribution is 2.29. The molecule has 4 rings (SSSR count). The van der Waals surface area contributed by atoms with Crippen LogP contribution in [0.2, 0.25) is 0 Å². The van der Waals surface area contributed by atoms with E-state index in [1.165, 1.54) is 4.90 Å². The van der Waals surface area contributed by atoms with Gasteiger partial charge in [-0.2, -0.15) is 0 Å². The van der Waals surface area contributed by atoms with Crippen molar-refractivity contribution in [3.05, 3.63) is 51.9 Å². The molecule has 0 bridgehead atoms. The maximum absolute atomic E-state index is 12.7. The number of nitrogens with zero attached hydrogens (tertiary/aromatic N) is 3. The quantitative estimate of drug-likeness (QED) is 0.519. The summed E-state index contributed by atoms with van der Waals surface area (Å²) >= 11 is 1.11. The Morgan fingerprint density at radius 3 is 2.82 bits per heavy atom. The number of rotatable bonds is 3. The van der Waals surface area contributed by atoms with Crippen LogP contribution in [0.25, 0.3) is 11.0 Å². The fourth-order valence-electron chi connectivity index (χ4n) is 3.19. The van der Waals surface area contributed by atoms with Gasteiger partial charge < -0.3 is 15.2 Å². The molecule has 0 saturated heterocycles. The second-order valence-corrected chi connectivity index (χ2v) is 7.45. The lowest BCUT2D eigenvalue weighted by atomic mass is 10.2. The highest BCUT2D eigenvalue weighted by atomic mass is 32.2. The number of carbonyl (C=O) groups is 2. The monoisotopic (exact) mass is 395 g/mol. The summed E-state index contributed by atoms with van der Waals surface area (Å²) in [4.78, 5) is 49.8. The standard InChI is InChI=1S/C19H17N5O3S/c1-10-7-11(2)20-17-16(10)18(27)23-19(22-17)28-9-15(26)24-8-14(25)21-12-5-3-4-6-13(12)24/h3-7H,8-9H2,1-2H3,(H,21,25)(H,20,22,23,27). The van der Waals surface area contributed by atoms with Crippen LogP contribution in [-0.2, 0) is 9.59 Å². The van der Waals surface area contributed by atoms with Crippen molar-refractivity contribution < 1.29 is 9.59 Å². The minimum atomic E-state index is -0.285. The summed E-state index contributed by atoms with van der Waals surface area (Å²) in [5.74, 6) is -0.464. The van der Waals surface area contributed by atoms with E-state index in [4.69, 9.17) is 0 Å². The second-order valence-electron chi connectivity index (χ2n) is 6.48. The van der Waals surface area contributed by atoms with Crippen molar-refractivity contribution in [1.82, 2.24) is 15.0 Å². The number of hydrogen-bond donors (Lipinski definition) is 2. The average Bonchev–Trinajstić information content (AvgIpc) is 2.64. The van der Waals surface area contributed by atoms with E-state index < -0.39 is 0 Å². The first kappa shape index (κ1) is 18.2. The van der Waals surface area contributed by atoms with Gasteiger partial charge in [0.2, 0.25) is 11.8 Å². The number of anilines is 2. The zero-order chi connectivity index (χ0) is 19.8. The minimum absolute atomic E-state index is 0.0286. The molecule has 0 aliphatic carbocycles. The van der Waals surface area contributed by atoms with E-state index in [-0.39, 0.29) is 29.7 Å². The molecule has 0 saturated carbocycles. The molecular formula is C19H17N5O3S. The lowest BCUT2D eigenvalue weighted by Gasteiger charge is -2.28. The first-order valence-corrected chi connectivity index (χ1v) is 9.61. The number of amides is 2. The number of benzene rings is 1. The van der Waals surface area contributed by atoms with E-state index in [0.717, 1.165) is 23.0 Å². The zero-order valence-corrected chi connectivity index (χ0v) is 16.1. The van der Waals surface area contributed by atoms with Crippen molar-refractivity contribution in [2.45, 2.75) is 19.0 Å². The molecule has 3 aromatic rings. The Bertz CT molecular complexity index is 1170. The molecule has 3 heterocycles. The van der Waals surface area contributed by atoms with Gasteiger partial charge in [-0.05, 0) is 37.6 Å². The van der Waals surface area contributed by atoms with E-state index in [1.807, 2.05) is 26.0 Å². The Morgan fingerprint density at radius 2 is 2.00 bits per heavy atom. The third kappa shape index (κ3) is 3.36. The van der Waals surface area contributed by atoms with Crippen molar-refractivity contribution in [3.8, 4) is 0 Å². The third-order valence-electron chi connectivity index (χ3n) is 4.38. The molecule has 2 amide bonds. The summed E-state index contributed by atoms with van der Waals surface area (Å²) < 4.78 is 0. The molecule has 2 N–H and O–H groups in total. The lowest BCUT2D eigenvalue weighted by Crippen LogP contribution is -2.43. The summed E-state index contributed by atoms with van der Waals surface area (Å²) in [5, 5.41) is 3.51. The molecule has 9 heteroatoms. The smallest absolute Gasteiger partial charge is 0.261 e. The van der Waals surface area contributed by atoms with Crippen LogP contribution in [-0.4, -0.2) is 39.1 Å². The number of aromatic nitrogens is 3. The van der Waals surface area contributed by atoms with Crippen LogP contribution in [0.5, 0.6) is 0 Å². The molecule has 0 radical (unpaired) electrons. The van der Waals surface area contributed by atoms with E-state index in [0.29, 0.717) is 27.6 Å². The fraction of sp³-hybridized carbons (Fsp3) is 0.211. The van der Waals surface area contributed by atoms with Crippen LogP contribution in [0.1, 0.15) is 11.3 Å². The number of aryl methyl sites for hydroxylation is 2. The maximum atomic E-state index is 12.7. The number of fused-ring (bicyclic) bond motifs is 2. The van der Waals surface area contributed by atoms with Crippen LogP contribution in [0.4, 0.5) is 11.4 Å². The second kappa shape index (κ2) is 7.08. The Morgan fingerprint density at radius 1 is 1.21 bits per heavy atom. The van der Waals surface area contributed by atoms with Gasteiger partial charge in [-0.3, -0.25) is 14.4 Å². The third-order valence-corrected chi connectivity index (χ3v) is 5.24. The predicted molar refractivity (Wildman–Crippen MR) is 108 cm³/mol. The Hall–Kier alpha value is -3.20. The summed E-state index contributed by atoms with van der Waals surface area (Å²) in [5.41, 5.74) is 2.91. The molecule has 0 spiro atoms. The largest absolute Gasteiger partial charge is 0.323 e. The van der Waals surface area contributed by atoms with E-state index in [2.05, 4.69) is 20.3 Å². The Balaban J connectivity index is 1.57. The number of hydrogen-bond acceptors (Lipinski definition) is 6. The summed E-state index contributed by atoms with van der Waals surface area (Å²) in [7, 11) is 0. The van der Waals surface area contributed by atoms with E-state index >= 15 is 0 Å². The van der Waals surface area contributed by atoms with Gasteiger partial charge in [0.15, 0.2) is 10.8 Å². The van der Waals surface area contributed by atoms with Gasteiger partial charge in [0.1, 0.15) is 6.54 Å². The van der Waals surface area contributed by atoms with Gasteiger partial charge in [0.05, 0.1) is 22.5 Å². The highest BCUT2D eigenvalue weighted by molar-refractivity contribution is 7.99. The predicted octanol–water partition coefficient (Wildman–Crippen LogP) is 2.01. The molecule has 0 unspecified atom stereocenters. The average molecular weight is 395 g/mol. The van der Waals surface area contributed by atoms with Gasteiger partial charge in [-0.15, -0.1) is 0 Å². The van der Waals surface area contributed by atoms with Crippen LogP contribution in [0, 0.1) is 13.8 Å². The number of para-hydroxylation sites is 2. The molecule has 8 nitrogen and oxygen atoms in total. The van der Waals surface area contributed by atoms with Gasteiger partial charge >= 0.3 is 0 Å². The molecule has 2 aromatic heterocycles. The van der Waals surface area contributed by atoms with Crippen LogP contribution < -0.4 is 15.8 Å².